The van der Waals surface area contributed by atoms with Crippen LogP contribution in [0.3, 0.4) is 0 Å². The standard InChI is InChI=1S/C22H28N2O6S/c1-17(22(25)24-12-14-29-15-13-24)30-20-8-10-21(11-9-20)31(26,27)23(2)16-18-4-6-19(28-3)7-5-18/h4-11,17H,12-16H2,1-3H3/t17-/m0/s1. The number of nitrogens with zero attached hydrogens (tertiary/aromatic N) is 2. The van der Waals surface area contributed by atoms with Crippen molar-refractivity contribution in [3.8, 4) is 11.5 Å². The van der Waals surface area contributed by atoms with Crippen molar-refractivity contribution in [1.82, 2.24) is 9.21 Å². The Hall–Kier alpha value is -2.62. The molecule has 0 unspecified atom stereocenters. The van der Waals surface area contributed by atoms with E-state index in [-0.39, 0.29) is 17.3 Å². The average Bonchev–Trinajstić information content (AvgIpc) is 2.80. The molecule has 2 aromatic carbocycles. The van der Waals surface area contributed by atoms with Gasteiger partial charge in [0, 0.05) is 26.7 Å². The molecule has 0 bridgehead atoms. The molecule has 168 valence electrons. The smallest absolute Gasteiger partial charge is 0.263 e. The highest BCUT2D eigenvalue weighted by molar-refractivity contribution is 7.89. The van der Waals surface area contributed by atoms with Crippen LogP contribution in [0.15, 0.2) is 53.4 Å². The highest BCUT2D eigenvalue weighted by Gasteiger charge is 2.25. The van der Waals surface area contributed by atoms with Crippen molar-refractivity contribution in [2.45, 2.75) is 24.5 Å². The van der Waals surface area contributed by atoms with Crippen molar-refractivity contribution >= 4 is 15.9 Å². The topological polar surface area (TPSA) is 85.4 Å². The minimum absolute atomic E-state index is 0.112. The summed E-state index contributed by atoms with van der Waals surface area (Å²) in [7, 11) is -0.558. The molecule has 0 aliphatic carbocycles. The fraction of sp³-hybridized carbons (Fsp3) is 0.409. The first kappa shape index (κ1) is 23.1. The summed E-state index contributed by atoms with van der Waals surface area (Å²) in [6, 6.07) is 13.3. The molecule has 1 atom stereocenters. The quantitative estimate of drug-likeness (QED) is 0.615. The van der Waals surface area contributed by atoms with Crippen LogP contribution in [0, 0.1) is 0 Å². The maximum Gasteiger partial charge on any atom is 0.263 e. The number of hydrogen-bond acceptors (Lipinski definition) is 6. The Labute approximate surface area is 183 Å². The SMILES string of the molecule is COc1ccc(CN(C)S(=O)(=O)c2ccc(O[C@@H](C)C(=O)N3CCOCC3)cc2)cc1. The van der Waals surface area contributed by atoms with Gasteiger partial charge in [-0.05, 0) is 48.9 Å². The third kappa shape index (κ3) is 5.75. The number of rotatable bonds is 8. The van der Waals surface area contributed by atoms with E-state index in [9.17, 15) is 13.2 Å². The Bertz CT molecular complexity index is 970. The van der Waals surface area contributed by atoms with E-state index < -0.39 is 16.1 Å². The summed E-state index contributed by atoms with van der Waals surface area (Å²) in [4.78, 5) is 14.3. The van der Waals surface area contributed by atoms with E-state index in [4.69, 9.17) is 14.2 Å². The second-order valence-corrected chi connectivity index (χ2v) is 9.32. The van der Waals surface area contributed by atoms with Crippen LogP contribution in [0.1, 0.15) is 12.5 Å². The van der Waals surface area contributed by atoms with E-state index in [1.165, 1.54) is 23.5 Å². The van der Waals surface area contributed by atoms with Crippen LogP contribution < -0.4 is 9.47 Å². The zero-order valence-corrected chi connectivity index (χ0v) is 18.8. The summed E-state index contributed by atoms with van der Waals surface area (Å²) in [5, 5.41) is 0. The Morgan fingerprint density at radius 2 is 1.65 bits per heavy atom. The zero-order chi connectivity index (χ0) is 22.4. The number of benzene rings is 2. The van der Waals surface area contributed by atoms with Crippen LogP contribution in [-0.2, 0) is 26.1 Å². The molecule has 31 heavy (non-hydrogen) atoms. The van der Waals surface area contributed by atoms with E-state index in [1.54, 1.807) is 43.2 Å². The first-order valence-corrected chi connectivity index (χ1v) is 11.5. The predicted octanol–water partition coefficient (Wildman–Crippen LogP) is 2.14. The summed E-state index contributed by atoms with van der Waals surface area (Å²) < 4.78 is 43.2. The molecule has 0 N–H and O–H groups in total. The number of carbonyl (C=O) groups excluding carboxylic acids is 1. The normalized spacial score (nSPS) is 15.5. The van der Waals surface area contributed by atoms with Gasteiger partial charge in [0.05, 0.1) is 25.2 Å². The Balaban J connectivity index is 1.62. The summed E-state index contributed by atoms with van der Waals surface area (Å²) >= 11 is 0. The number of amides is 1. The molecule has 1 aliphatic rings. The number of ether oxygens (including phenoxy) is 3. The molecule has 1 heterocycles. The van der Waals surface area contributed by atoms with E-state index in [1.807, 2.05) is 12.1 Å². The van der Waals surface area contributed by atoms with Gasteiger partial charge in [-0.2, -0.15) is 4.31 Å². The average molecular weight is 449 g/mol. The van der Waals surface area contributed by atoms with Crippen LogP contribution >= 0.6 is 0 Å². The van der Waals surface area contributed by atoms with Gasteiger partial charge < -0.3 is 19.1 Å². The Kier molecular flexibility index (Phi) is 7.53. The summed E-state index contributed by atoms with van der Waals surface area (Å²) in [5.74, 6) is 1.04. The van der Waals surface area contributed by atoms with Crippen LogP contribution in [0.25, 0.3) is 0 Å². The maximum atomic E-state index is 12.9. The molecule has 1 aliphatic heterocycles. The molecular formula is C22H28N2O6S. The Morgan fingerprint density at radius 3 is 2.23 bits per heavy atom. The first-order chi connectivity index (χ1) is 14.8. The molecule has 0 saturated carbocycles. The van der Waals surface area contributed by atoms with Crippen molar-refractivity contribution in [2.24, 2.45) is 0 Å². The number of carbonyl (C=O) groups is 1. The maximum absolute atomic E-state index is 12.9. The fourth-order valence-electron chi connectivity index (χ4n) is 3.24. The molecule has 3 rings (SSSR count). The van der Waals surface area contributed by atoms with Gasteiger partial charge in [-0.1, -0.05) is 12.1 Å². The van der Waals surface area contributed by atoms with E-state index in [0.717, 1.165) is 5.56 Å². The van der Waals surface area contributed by atoms with Gasteiger partial charge in [-0.25, -0.2) is 8.42 Å². The summed E-state index contributed by atoms with van der Waals surface area (Å²) in [5.41, 5.74) is 0.849. The lowest BCUT2D eigenvalue weighted by atomic mass is 10.2. The third-order valence-electron chi connectivity index (χ3n) is 5.08. The van der Waals surface area contributed by atoms with Crippen molar-refractivity contribution in [1.29, 1.82) is 0 Å². The van der Waals surface area contributed by atoms with Gasteiger partial charge in [0.2, 0.25) is 10.0 Å². The largest absolute Gasteiger partial charge is 0.497 e. The van der Waals surface area contributed by atoms with Crippen molar-refractivity contribution < 1.29 is 27.4 Å². The van der Waals surface area contributed by atoms with Crippen LogP contribution in [-0.4, -0.2) is 70.1 Å². The monoisotopic (exact) mass is 448 g/mol. The zero-order valence-electron chi connectivity index (χ0n) is 18.0. The third-order valence-corrected chi connectivity index (χ3v) is 6.90. The highest BCUT2D eigenvalue weighted by atomic mass is 32.2. The second kappa shape index (κ2) is 10.1. The molecule has 1 fully saturated rings. The van der Waals surface area contributed by atoms with Gasteiger partial charge in [0.15, 0.2) is 6.10 Å². The number of methoxy groups -OCH3 is 1. The van der Waals surface area contributed by atoms with Crippen LogP contribution in [0.4, 0.5) is 0 Å². The lowest BCUT2D eigenvalue weighted by Crippen LogP contribution is -2.46. The molecule has 0 aromatic heterocycles. The number of sulfonamides is 1. The number of hydrogen-bond donors (Lipinski definition) is 0. The van der Waals surface area contributed by atoms with Crippen LogP contribution in [0.5, 0.6) is 11.5 Å². The molecular weight excluding hydrogens is 420 g/mol. The summed E-state index contributed by atoms with van der Waals surface area (Å²) in [6.07, 6.45) is -0.668. The fourth-order valence-corrected chi connectivity index (χ4v) is 4.40. The molecule has 2 aromatic rings. The second-order valence-electron chi connectivity index (χ2n) is 7.28. The van der Waals surface area contributed by atoms with Gasteiger partial charge in [-0.15, -0.1) is 0 Å². The molecule has 0 radical (unpaired) electrons. The number of morpholine rings is 1. The minimum atomic E-state index is -3.67. The lowest BCUT2D eigenvalue weighted by molar-refractivity contribution is -0.142. The van der Waals surface area contributed by atoms with Crippen molar-refractivity contribution in [2.75, 3.05) is 40.5 Å². The van der Waals surface area contributed by atoms with E-state index >= 15 is 0 Å². The van der Waals surface area contributed by atoms with Gasteiger partial charge >= 0.3 is 0 Å². The summed E-state index contributed by atoms with van der Waals surface area (Å²) in [6.45, 7) is 4.05. The highest BCUT2D eigenvalue weighted by Crippen LogP contribution is 2.22. The molecule has 1 saturated heterocycles. The van der Waals surface area contributed by atoms with E-state index in [2.05, 4.69) is 0 Å². The van der Waals surface area contributed by atoms with Gasteiger partial charge in [0.25, 0.3) is 5.91 Å². The van der Waals surface area contributed by atoms with E-state index in [0.29, 0.717) is 37.8 Å². The van der Waals surface area contributed by atoms with Crippen LogP contribution in [0.2, 0.25) is 0 Å². The molecule has 0 spiro atoms. The van der Waals surface area contributed by atoms with Gasteiger partial charge in [-0.3, -0.25) is 4.79 Å². The lowest BCUT2D eigenvalue weighted by Gasteiger charge is -2.29. The molecule has 1 amide bonds. The minimum Gasteiger partial charge on any atom is -0.497 e. The first-order valence-electron chi connectivity index (χ1n) is 10.0. The molecule has 9 heteroatoms. The van der Waals surface area contributed by atoms with Crippen molar-refractivity contribution in [3.05, 3.63) is 54.1 Å². The predicted molar refractivity (Wildman–Crippen MR) is 116 cm³/mol. The molecule has 8 nitrogen and oxygen atoms in total. The Morgan fingerprint density at radius 1 is 1.06 bits per heavy atom. The van der Waals surface area contributed by atoms with Gasteiger partial charge in [0.1, 0.15) is 11.5 Å². The van der Waals surface area contributed by atoms with Crippen molar-refractivity contribution in [3.63, 3.8) is 0 Å².